The third kappa shape index (κ3) is 2.61. The molecular weight excluding hydrogens is 212 g/mol. The summed E-state index contributed by atoms with van der Waals surface area (Å²) in [6.45, 7) is 2.13. The van der Waals surface area contributed by atoms with Gasteiger partial charge in [0.25, 0.3) is 10.1 Å². The average Bonchev–Trinajstić information content (AvgIpc) is 1.97. The van der Waals surface area contributed by atoms with Crippen LogP contribution in [0.15, 0.2) is 11.6 Å². The Morgan fingerprint density at radius 1 is 1.60 bits per heavy atom. The lowest BCUT2D eigenvalue weighted by Gasteiger charge is -2.42. The van der Waals surface area contributed by atoms with Gasteiger partial charge in [-0.3, -0.25) is 4.55 Å². The highest BCUT2D eigenvalue weighted by molar-refractivity contribution is 7.85. The molecule has 2 aliphatic rings. The lowest BCUT2D eigenvalue weighted by Crippen LogP contribution is -2.36. The van der Waals surface area contributed by atoms with Gasteiger partial charge in [0.05, 0.1) is 5.75 Å². The first kappa shape index (κ1) is 11.1. The zero-order chi connectivity index (χ0) is 11.1. The van der Waals surface area contributed by atoms with E-state index in [2.05, 4.69) is 13.0 Å². The lowest BCUT2D eigenvalue weighted by atomic mass is 9.65. The molecule has 0 aromatic heterocycles. The predicted molar refractivity (Wildman–Crippen MR) is 59.2 cm³/mol. The van der Waals surface area contributed by atoms with Crippen LogP contribution in [-0.2, 0) is 10.1 Å². The number of hydrogen-bond acceptors (Lipinski definition) is 2. The Morgan fingerprint density at radius 3 is 3.00 bits per heavy atom. The van der Waals surface area contributed by atoms with Gasteiger partial charge in [0.2, 0.25) is 0 Å². The van der Waals surface area contributed by atoms with Gasteiger partial charge in [0, 0.05) is 0 Å². The van der Waals surface area contributed by atoms with Crippen molar-refractivity contribution in [2.45, 2.75) is 39.0 Å². The van der Waals surface area contributed by atoms with Crippen LogP contribution in [0.5, 0.6) is 0 Å². The van der Waals surface area contributed by atoms with E-state index in [-0.39, 0.29) is 11.2 Å². The lowest BCUT2D eigenvalue weighted by molar-refractivity contribution is 0.196. The third-order valence-electron chi connectivity index (χ3n) is 3.57. The van der Waals surface area contributed by atoms with Crippen molar-refractivity contribution in [3.8, 4) is 0 Å². The molecule has 3 nitrogen and oxygen atoms in total. The standard InChI is InChI=1S/C11H18O3S/c1-9-5-10-3-2-4-11(6-9,7-10)8-15(12,13)14/h5,9H,2-4,6-8H2,1H3,(H,12,13,14). The zero-order valence-corrected chi connectivity index (χ0v) is 9.89. The molecule has 2 unspecified atom stereocenters. The fourth-order valence-electron chi connectivity index (χ4n) is 3.38. The molecule has 0 radical (unpaired) electrons. The molecule has 0 heterocycles. The van der Waals surface area contributed by atoms with Crippen LogP contribution in [0.1, 0.15) is 39.0 Å². The van der Waals surface area contributed by atoms with E-state index in [1.54, 1.807) is 0 Å². The van der Waals surface area contributed by atoms with Crippen molar-refractivity contribution in [2.75, 3.05) is 5.75 Å². The highest BCUT2D eigenvalue weighted by Gasteiger charge is 2.40. The van der Waals surface area contributed by atoms with E-state index < -0.39 is 10.1 Å². The maximum Gasteiger partial charge on any atom is 0.265 e. The monoisotopic (exact) mass is 230 g/mol. The van der Waals surface area contributed by atoms with Crippen molar-refractivity contribution < 1.29 is 13.0 Å². The summed E-state index contributed by atoms with van der Waals surface area (Å²) in [5.74, 6) is 0.401. The molecule has 2 rings (SSSR count). The number of allylic oxidation sites excluding steroid dienone is 2. The molecule has 0 amide bonds. The molecule has 1 N–H and O–H groups in total. The van der Waals surface area contributed by atoms with E-state index in [4.69, 9.17) is 4.55 Å². The largest absolute Gasteiger partial charge is 0.286 e. The van der Waals surface area contributed by atoms with E-state index in [0.29, 0.717) is 5.92 Å². The van der Waals surface area contributed by atoms with Gasteiger partial charge in [-0.05, 0) is 43.4 Å². The summed E-state index contributed by atoms with van der Waals surface area (Å²) >= 11 is 0. The van der Waals surface area contributed by atoms with Gasteiger partial charge >= 0.3 is 0 Å². The van der Waals surface area contributed by atoms with Gasteiger partial charge < -0.3 is 0 Å². The Kier molecular flexibility index (Phi) is 2.67. The molecule has 2 atom stereocenters. The van der Waals surface area contributed by atoms with E-state index in [1.807, 2.05) is 0 Å². The normalized spacial score (nSPS) is 36.1. The number of fused-ring (bicyclic) bond motifs is 2. The summed E-state index contributed by atoms with van der Waals surface area (Å²) in [7, 11) is -3.83. The van der Waals surface area contributed by atoms with Gasteiger partial charge in [0.15, 0.2) is 0 Å². The maximum atomic E-state index is 11.0. The molecule has 2 aliphatic carbocycles. The van der Waals surface area contributed by atoms with Crippen molar-refractivity contribution in [3.63, 3.8) is 0 Å². The second-order valence-corrected chi connectivity index (χ2v) is 6.72. The molecule has 0 spiro atoms. The van der Waals surface area contributed by atoms with Crippen LogP contribution in [0.3, 0.4) is 0 Å². The topological polar surface area (TPSA) is 54.4 Å². The summed E-state index contributed by atoms with van der Waals surface area (Å²) in [5.41, 5.74) is 1.22. The molecular formula is C11H18O3S. The van der Waals surface area contributed by atoms with Crippen LogP contribution in [-0.4, -0.2) is 18.7 Å². The second-order valence-electron chi connectivity index (χ2n) is 5.26. The van der Waals surface area contributed by atoms with Crippen molar-refractivity contribution in [1.82, 2.24) is 0 Å². The Morgan fingerprint density at radius 2 is 2.33 bits per heavy atom. The highest BCUT2D eigenvalue weighted by Crippen LogP contribution is 2.48. The summed E-state index contributed by atoms with van der Waals surface area (Å²) in [6, 6.07) is 0. The Balaban J connectivity index is 2.24. The van der Waals surface area contributed by atoms with Gasteiger partial charge in [0.1, 0.15) is 0 Å². The van der Waals surface area contributed by atoms with Crippen molar-refractivity contribution in [2.24, 2.45) is 11.3 Å². The second kappa shape index (κ2) is 3.59. The van der Waals surface area contributed by atoms with Crippen molar-refractivity contribution in [1.29, 1.82) is 0 Å². The van der Waals surface area contributed by atoms with Crippen LogP contribution in [0.4, 0.5) is 0 Å². The minimum absolute atomic E-state index is 0.0539. The molecule has 15 heavy (non-hydrogen) atoms. The smallest absolute Gasteiger partial charge is 0.265 e. The highest BCUT2D eigenvalue weighted by atomic mass is 32.2. The molecule has 0 aliphatic heterocycles. The van der Waals surface area contributed by atoms with Gasteiger partial charge in [-0.25, -0.2) is 0 Å². The van der Waals surface area contributed by atoms with Crippen molar-refractivity contribution >= 4 is 10.1 Å². The SMILES string of the molecule is CC1C=C2CCCC(CS(=O)(=O)O)(C2)C1. The fourth-order valence-corrected chi connectivity index (χ4v) is 4.52. The van der Waals surface area contributed by atoms with Gasteiger partial charge in [-0.1, -0.05) is 18.6 Å². The Labute approximate surface area is 91.3 Å². The van der Waals surface area contributed by atoms with E-state index in [0.717, 1.165) is 32.1 Å². The molecule has 0 saturated heterocycles. The number of hydrogen-bond donors (Lipinski definition) is 1. The minimum Gasteiger partial charge on any atom is -0.286 e. The zero-order valence-electron chi connectivity index (χ0n) is 9.07. The predicted octanol–water partition coefficient (Wildman–Crippen LogP) is 2.40. The fraction of sp³-hybridized carbons (Fsp3) is 0.818. The summed E-state index contributed by atoms with van der Waals surface area (Å²) < 4.78 is 31.1. The van der Waals surface area contributed by atoms with Crippen LogP contribution in [0, 0.1) is 11.3 Å². The van der Waals surface area contributed by atoms with Crippen LogP contribution >= 0.6 is 0 Å². The molecule has 1 fully saturated rings. The Bertz CT molecular complexity index is 383. The van der Waals surface area contributed by atoms with Gasteiger partial charge in [-0.2, -0.15) is 8.42 Å². The van der Waals surface area contributed by atoms with E-state index in [9.17, 15) is 8.42 Å². The first-order valence-electron chi connectivity index (χ1n) is 5.53. The molecule has 0 aromatic carbocycles. The first-order chi connectivity index (χ1) is 6.89. The van der Waals surface area contributed by atoms with Crippen LogP contribution < -0.4 is 0 Å². The minimum atomic E-state index is -3.83. The average molecular weight is 230 g/mol. The van der Waals surface area contributed by atoms with E-state index >= 15 is 0 Å². The summed E-state index contributed by atoms with van der Waals surface area (Å²) in [6.07, 6.45) is 7.16. The molecule has 1 saturated carbocycles. The molecule has 86 valence electrons. The molecule has 4 heteroatoms. The summed E-state index contributed by atoms with van der Waals surface area (Å²) in [4.78, 5) is 0. The quantitative estimate of drug-likeness (QED) is 0.585. The van der Waals surface area contributed by atoms with E-state index in [1.165, 1.54) is 5.57 Å². The number of rotatable bonds is 2. The third-order valence-corrected chi connectivity index (χ3v) is 4.55. The summed E-state index contributed by atoms with van der Waals surface area (Å²) in [5, 5.41) is 0. The van der Waals surface area contributed by atoms with Crippen LogP contribution in [0.25, 0.3) is 0 Å². The van der Waals surface area contributed by atoms with Crippen molar-refractivity contribution in [3.05, 3.63) is 11.6 Å². The first-order valence-corrected chi connectivity index (χ1v) is 7.14. The van der Waals surface area contributed by atoms with Crippen LogP contribution in [0.2, 0.25) is 0 Å². The molecule has 2 bridgehead atoms. The Hall–Kier alpha value is -0.350. The van der Waals surface area contributed by atoms with Gasteiger partial charge in [-0.15, -0.1) is 0 Å². The molecule has 0 aromatic rings. The maximum absolute atomic E-state index is 11.0.